The first-order chi connectivity index (χ1) is 10.2. The van der Waals surface area contributed by atoms with Gasteiger partial charge < -0.3 is 9.84 Å². The van der Waals surface area contributed by atoms with Gasteiger partial charge in [0, 0.05) is 17.5 Å². The van der Waals surface area contributed by atoms with Crippen molar-refractivity contribution in [2.45, 2.75) is 19.3 Å². The number of amides is 1. The summed E-state index contributed by atoms with van der Waals surface area (Å²) in [7, 11) is 0. The monoisotopic (exact) mass is 286 g/mol. The fraction of sp³-hybridized carbons (Fsp3) is 0.375. The van der Waals surface area contributed by atoms with Crippen LogP contribution < -0.4 is 5.32 Å². The van der Waals surface area contributed by atoms with Crippen molar-refractivity contribution in [1.29, 1.82) is 0 Å². The standard InChI is InChI=1S/C16H15FN2O2/c17-10-4-1-3-9(7-10)13-8-14(19-21-13)18-16(20)15-11-5-2-6-12(11)15/h1,3-4,7-8,11-12,15H,2,5-6H2,(H,18,19,20)/t11-,12-/m1/s1. The maximum absolute atomic E-state index is 13.2. The first-order valence-corrected chi connectivity index (χ1v) is 7.26. The summed E-state index contributed by atoms with van der Waals surface area (Å²) in [5, 5.41) is 6.64. The van der Waals surface area contributed by atoms with E-state index in [0.29, 0.717) is 29.0 Å². The van der Waals surface area contributed by atoms with Crippen molar-refractivity contribution < 1.29 is 13.7 Å². The molecule has 1 N–H and O–H groups in total. The van der Waals surface area contributed by atoms with Gasteiger partial charge in [-0.15, -0.1) is 0 Å². The largest absolute Gasteiger partial charge is 0.354 e. The Labute approximate surface area is 121 Å². The highest BCUT2D eigenvalue weighted by Crippen LogP contribution is 2.57. The fourth-order valence-corrected chi connectivity index (χ4v) is 3.53. The van der Waals surface area contributed by atoms with Crippen LogP contribution in [0.4, 0.5) is 10.2 Å². The first-order valence-electron chi connectivity index (χ1n) is 7.26. The highest BCUT2D eigenvalue weighted by atomic mass is 19.1. The van der Waals surface area contributed by atoms with Crippen LogP contribution in [-0.4, -0.2) is 11.1 Å². The summed E-state index contributed by atoms with van der Waals surface area (Å²) >= 11 is 0. The van der Waals surface area contributed by atoms with Gasteiger partial charge in [0.2, 0.25) is 5.91 Å². The number of benzene rings is 1. The van der Waals surface area contributed by atoms with Gasteiger partial charge >= 0.3 is 0 Å². The Morgan fingerprint density at radius 1 is 1.29 bits per heavy atom. The molecule has 1 heterocycles. The van der Waals surface area contributed by atoms with Gasteiger partial charge in [0.1, 0.15) is 5.82 Å². The van der Waals surface area contributed by atoms with Crippen molar-refractivity contribution in [3.05, 3.63) is 36.1 Å². The number of rotatable bonds is 3. The van der Waals surface area contributed by atoms with Crippen LogP contribution in [0, 0.1) is 23.6 Å². The van der Waals surface area contributed by atoms with Crippen LogP contribution >= 0.6 is 0 Å². The second kappa shape index (κ2) is 4.69. The maximum atomic E-state index is 13.2. The fourth-order valence-electron chi connectivity index (χ4n) is 3.53. The van der Waals surface area contributed by atoms with E-state index in [-0.39, 0.29) is 17.6 Å². The lowest BCUT2D eigenvalue weighted by Gasteiger charge is -2.02. The van der Waals surface area contributed by atoms with E-state index in [1.54, 1.807) is 18.2 Å². The molecule has 2 aliphatic carbocycles. The number of nitrogens with zero attached hydrogens (tertiary/aromatic N) is 1. The van der Waals surface area contributed by atoms with E-state index in [0.717, 1.165) is 12.8 Å². The third kappa shape index (κ3) is 2.22. The molecule has 2 saturated carbocycles. The van der Waals surface area contributed by atoms with Gasteiger partial charge in [-0.05, 0) is 36.8 Å². The zero-order valence-electron chi connectivity index (χ0n) is 11.4. The normalized spacial score (nSPS) is 26.4. The number of hydrogen-bond acceptors (Lipinski definition) is 3. The molecule has 21 heavy (non-hydrogen) atoms. The molecule has 108 valence electrons. The second-order valence-corrected chi connectivity index (χ2v) is 5.86. The molecule has 2 atom stereocenters. The molecule has 2 aromatic rings. The van der Waals surface area contributed by atoms with E-state index < -0.39 is 0 Å². The lowest BCUT2D eigenvalue weighted by Crippen LogP contribution is -2.16. The molecule has 1 aromatic heterocycles. The molecule has 2 fully saturated rings. The molecular formula is C16H15FN2O2. The van der Waals surface area contributed by atoms with Crippen LogP contribution in [0.15, 0.2) is 34.9 Å². The van der Waals surface area contributed by atoms with Crippen molar-refractivity contribution >= 4 is 11.7 Å². The molecule has 0 spiro atoms. The Hall–Kier alpha value is -2.17. The van der Waals surface area contributed by atoms with Gasteiger partial charge in [0.25, 0.3) is 0 Å². The van der Waals surface area contributed by atoms with E-state index in [1.807, 2.05) is 0 Å². The van der Waals surface area contributed by atoms with E-state index in [4.69, 9.17) is 4.52 Å². The van der Waals surface area contributed by atoms with E-state index in [1.165, 1.54) is 18.6 Å². The molecular weight excluding hydrogens is 271 g/mol. The predicted molar refractivity (Wildman–Crippen MR) is 74.8 cm³/mol. The third-order valence-corrected chi connectivity index (χ3v) is 4.58. The highest BCUT2D eigenvalue weighted by molar-refractivity contribution is 5.94. The van der Waals surface area contributed by atoms with E-state index in [9.17, 15) is 9.18 Å². The first kappa shape index (κ1) is 12.6. The summed E-state index contributed by atoms with van der Waals surface area (Å²) in [6.45, 7) is 0. The summed E-state index contributed by atoms with van der Waals surface area (Å²) in [6.07, 6.45) is 3.57. The molecule has 4 rings (SSSR count). The van der Waals surface area contributed by atoms with Crippen molar-refractivity contribution in [2.75, 3.05) is 5.32 Å². The Balaban J connectivity index is 1.46. The van der Waals surface area contributed by atoms with E-state index >= 15 is 0 Å². The van der Waals surface area contributed by atoms with Gasteiger partial charge in [0.05, 0.1) is 0 Å². The molecule has 1 aromatic carbocycles. The van der Waals surface area contributed by atoms with Crippen molar-refractivity contribution in [1.82, 2.24) is 5.16 Å². The zero-order valence-corrected chi connectivity index (χ0v) is 11.4. The summed E-state index contributed by atoms with van der Waals surface area (Å²) in [6, 6.07) is 7.72. The molecule has 0 saturated heterocycles. The van der Waals surface area contributed by atoms with Crippen molar-refractivity contribution in [3.8, 4) is 11.3 Å². The Morgan fingerprint density at radius 3 is 2.86 bits per heavy atom. The number of hydrogen-bond donors (Lipinski definition) is 1. The van der Waals surface area contributed by atoms with Gasteiger partial charge in [-0.3, -0.25) is 4.79 Å². The van der Waals surface area contributed by atoms with E-state index in [2.05, 4.69) is 10.5 Å². The van der Waals surface area contributed by atoms with Gasteiger partial charge in [-0.1, -0.05) is 23.7 Å². The molecule has 4 nitrogen and oxygen atoms in total. The summed E-state index contributed by atoms with van der Waals surface area (Å²) in [5.41, 5.74) is 0.603. The average molecular weight is 286 g/mol. The predicted octanol–water partition coefficient (Wildman–Crippen LogP) is 3.47. The Bertz CT molecular complexity index is 687. The molecule has 5 heteroatoms. The number of nitrogens with one attached hydrogen (secondary N) is 1. The molecule has 0 bridgehead atoms. The van der Waals surface area contributed by atoms with Crippen molar-refractivity contribution in [2.24, 2.45) is 17.8 Å². The van der Waals surface area contributed by atoms with Crippen molar-refractivity contribution in [3.63, 3.8) is 0 Å². The molecule has 1 amide bonds. The number of aromatic nitrogens is 1. The van der Waals surface area contributed by atoms with Gasteiger partial charge in [-0.2, -0.15) is 0 Å². The lowest BCUT2D eigenvalue weighted by atomic mass is 10.1. The van der Waals surface area contributed by atoms with Gasteiger partial charge in [-0.25, -0.2) is 4.39 Å². The van der Waals surface area contributed by atoms with Crippen LogP contribution in [0.3, 0.4) is 0 Å². The topological polar surface area (TPSA) is 55.1 Å². The quantitative estimate of drug-likeness (QED) is 0.940. The lowest BCUT2D eigenvalue weighted by molar-refractivity contribution is -0.118. The number of carbonyl (C=O) groups is 1. The smallest absolute Gasteiger partial charge is 0.229 e. The average Bonchev–Trinajstić information content (AvgIpc) is 2.83. The third-order valence-electron chi connectivity index (χ3n) is 4.58. The van der Waals surface area contributed by atoms with Crippen LogP contribution in [-0.2, 0) is 4.79 Å². The minimum absolute atomic E-state index is 0.0313. The number of carbonyl (C=O) groups excluding carboxylic acids is 1. The molecule has 2 aliphatic rings. The SMILES string of the molecule is O=C(Nc1cc(-c2cccc(F)c2)on1)C1[C@@H]2CCC[C@@H]12. The van der Waals surface area contributed by atoms with Crippen LogP contribution in [0.25, 0.3) is 11.3 Å². The number of halogens is 1. The van der Waals surface area contributed by atoms with Crippen LogP contribution in [0.1, 0.15) is 19.3 Å². The van der Waals surface area contributed by atoms with Crippen LogP contribution in [0.2, 0.25) is 0 Å². The maximum Gasteiger partial charge on any atom is 0.229 e. The summed E-state index contributed by atoms with van der Waals surface area (Å²) in [4.78, 5) is 12.1. The molecule has 0 unspecified atom stereocenters. The minimum atomic E-state index is -0.333. The summed E-state index contributed by atoms with van der Waals surface area (Å²) in [5.74, 6) is 1.82. The summed E-state index contributed by atoms with van der Waals surface area (Å²) < 4.78 is 18.4. The van der Waals surface area contributed by atoms with Crippen LogP contribution in [0.5, 0.6) is 0 Å². The number of anilines is 1. The zero-order chi connectivity index (χ0) is 14.4. The Kier molecular flexibility index (Phi) is 2.80. The second-order valence-electron chi connectivity index (χ2n) is 5.86. The minimum Gasteiger partial charge on any atom is -0.354 e. The van der Waals surface area contributed by atoms with Gasteiger partial charge in [0.15, 0.2) is 11.6 Å². The highest BCUT2D eigenvalue weighted by Gasteiger charge is 2.56. The number of fused-ring (bicyclic) bond motifs is 1. The molecule has 0 aliphatic heterocycles. The Morgan fingerprint density at radius 2 is 2.10 bits per heavy atom. The molecule has 0 radical (unpaired) electrons.